The first-order valence-corrected chi connectivity index (χ1v) is 8.33. The van der Waals surface area contributed by atoms with Crippen LogP contribution in [0.2, 0.25) is 0 Å². The van der Waals surface area contributed by atoms with Crippen LogP contribution in [0.25, 0.3) is 0 Å². The molecule has 3 N–H and O–H groups in total. The standard InChI is InChI=1S/C17H29N3O2/c1-2-3-4-5-6-7-8-9-10-16-19-12-14-20(16,13-11-18)15-17(21)22/h5-6,12,14H,2-4,7-11,13,15,18H2,1H3/p+1/b6-5+. The third-order valence-electron chi connectivity index (χ3n) is 3.95. The van der Waals surface area contributed by atoms with Gasteiger partial charge in [-0.15, -0.1) is 0 Å². The summed E-state index contributed by atoms with van der Waals surface area (Å²) in [4.78, 5) is 15.5. The van der Waals surface area contributed by atoms with E-state index in [1.807, 2.05) is 6.20 Å². The minimum absolute atomic E-state index is 0.0312. The lowest BCUT2D eigenvalue weighted by Crippen LogP contribution is -2.52. The van der Waals surface area contributed by atoms with Crippen molar-refractivity contribution in [1.82, 2.24) is 0 Å². The van der Waals surface area contributed by atoms with Crippen LogP contribution in [-0.4, -0.2) is 41.0 Å². The van der Waals surface area contributed by atoms with Gasteiger partial charge in [0.15, 0.2) is 6.54 Å². The number of hydrogen-bond acceptors (Lipinski definition) is 3. The van der Waals surface area contributed by atoms with Crippen molar-refractivity contribution in [3.8, 4) is 0 Å². The Morgan fingerprint density at radius 2 is 2.05 bits per heavy atom. The molecule has 0 spiro atoms. The van der Waals surface area contributed by atoms with Gasteiger partial charge in [-0.1, -0.05) is 31.9 Å². The van der Waals surface area contributed by atoms with Gasteiger partial charge in [0.25, 0.3) is 0 Å². The van der Waals surface area contributed by atoms with E-state index in [2.05, 4.69) is 24.1 Å². The molecule has 0 saturated heterocycles. The number of quaternary nitrogens is 1. The van der Waals surface area contributed by atoms with Crippen molar-refractivity contribution in [2.75, 3.05) is 19.6 Å². The van der Waals surface area contributed by atoms with Crippen molar-refractivity contribution in [3.05, 3.63) is 24.6 Å². The summed E-state index contributed by atoms with van der Waals surface area (Å²) in [5, 5.41) is 9.14. The Morgan fingerprint density at radius 3 is 2.68 bits per heavy atom. The zero-order chi connectivity index (χ0) is 16.3. The molecular formula is C17H30N3O2+. The zero-order valence-corrected chi connectivity index (χ0v) is 13.7. The molecule has 124 valence electrons. The van der Waals surface area contributed by atoms with Crippen LogP contribution in [0.1, 0.15) is 51.9 Å². The van der Waals surface area contributed by atoms with Crippen molar-refractivity contribution in [1.29, 1.82) is 0 Å². The molecule has 1 unspecified atom stereocenters. The molecule has 1 heterocycles. The predicted octanol–water partition coefficient (Wildman–Crippen LogP) is 3.04. The summed E-state index contributed by atoms with van der Waals surface area (Å²) in [5.41, 5.74) is 5.66. The van der Waals surface area contributed by atoms with E-state index < -0.39 is 5.97 Å². The highest BCUT2D eigenvalue weighted by atomic mass is 16.4. The Hall–Kier alpha value is -1.46. The van der Waals surface area contributed by atoms with Crippen LogP contribution in [0, 0.1) is 0 Å². The van der Waals surface area contributed by atoms with Gasteiger partial charge in [-0.05, 0) is 25.7 Å². The van der Waals surface area contributed by atoms with Crippen molar-refractivity contribution < 1.29 is 14.4 Å². The number of amidine groups is 1. The molecule has 0 aromatic carbocycles. The lowest BCUT2D eigenvalue weighted by molar-refractivity contribution is -0.778. The molecule has 0 radical (unpaired) electrons. The number of rotatable bonds is 12. The molecule has 1 aliphatic heterocycles. The maximum atomic E-state index is 11.1. The summed E-state index contributed by atoms with van der Waals surface area (Å²) >= 11 is 0. The Balaban J connectivity index is 2.37. The number of nitrogens with two attached hydrogens (primary N) is 1. The molecular weight excluding hydrogens is 278 g/mol. The van der Waals surface area contributed by atoms with E-state index in [1.165, 1.54) is 19.3 Å². The molecule has 22 heavy (non-hydrogen) atoms. The van der Waals surface area contributed by atoms with E-state index in [4.69, 9.17) is 10.8 Å². The fourth-order valence-electron chi connectivity index (χ4n) is 2.74. The Kier molecular flexibility index (Phi) is 8.70. The minimum Gasteiger partial charge on any atom is -0.477 e. The largest absolute Gasteiger partial charge is 0.477 e. The molecule has 5 nitrogen and oxygen atoms in total. The van der Waals surface area contributed by atoms with Crippen LogP contribution in [0.4, 0.5) is 0 Å². The number of nitrogens with zero attached hydrogens (tertiary/aromatic N) is 2. The van der Waals surface area contributed by atoms with Crippen LogP contribution in [0.3, 0.4) is 0 Å². The first kappa shape index (κ1) is 18.6. The number of unbranched alkanes of at least 4 members (excludes halogenated alkanes) is 4. The van der Waals surface area contributed by atoms with Gasteiger partial charge in [0, 0.05) is 13.0 Å². The summed E-state index contributed by atoms with van der Waals surface area (Å²) in [7, 11) is 0. The number of aliphatic carboxylic acids is 1. The van der Waals surface area contributed by atoms with Gasteiger partial charge in [-0.2, -0.15) is 0 Å². The molecule has 1 aliphatic rings. The van der Waals surface area contributed by atoms with Crippen LogP contribution < -0.4 is 5.73 Å². The average Bonchev–Trinajstić information content (AvgIpc) is 2.84. The SMILES string of the molecule is CCCC/C=C/CCCCC1=NC=C[N+]1(CCN)CC(=O)O. The first-order chi connectivity index (χ1) is 10.6. The molecule has 5 heteroatoms. The summed E-state index contributed by atoms with van der Waals surface area (Å²) in [6, 6.07) is 0. The van der Waals surface area contributed by atoms with Gasteiger partial charge in [0.1, 0.15) is 12.7 Å². The fraction of sp³-hybridized carbons (Fsp3) is 0.647. The van der Waals surface area contributed by atoms with Crippen molar-refractivity contribution in [2.45, 2.75) is 51.9 Å². The molecule has 0 aromatic rings. The van der Waals surface area contributed by atoms with Gasteiger partial charge < -0.3 is 10.8 Å². The average molecular weight is 308 g/mol. The second-order valence-corrected chi connectivity index (χ2v) is 5.80. The Bertz CT molecular complexity index is 430. The maximum Gasteiger partial charge on any atom is 0.360 e. The topological polar surface area (TPSA) is 75.7 Å². The van der Waals surface area contributed by atoms with Gasteiger partial charge in [-0.25, -0.2) is 14.3 Å². The normalized spacial score (nSPS) is 20.7. The van der Waals surface area contributed by atoms with Gasteiger partial charge in [-0.3, -0.25) is 0 Å². The molecule has 0 aliphatic carbocycles. The highest BCUT2D eigenvalue weighted by Crippen LogP contribution is 2.20. The zero-order valence-electron chi connectivity index (χ0n) is 13.7. The minimum atomic E-state index is -0.813. The molecule has 1 atom stereocenters. The number of aliphatic imine (C=N–C) groups is 1. The molecule has 0 saturated carbocycles. The van der Waals surface area contributed by atoms with E-state index in [9.17, 15) is 4.79 Å². The molecule has 0 amide bonds. The molecule has 0 aromatic heterocycles. The Morgan fingerprint density at radius 1 is 1.32 bits per heavy atom. The summed E-state index contributed by atoms with van der Waals surface area (Å²) < 4.78 is 0.290. The second kappa shape index (κ2) is 10.3. The van der Waals surface area contributed by atoms with Gasteiger partial charge in [0.05, 0.1) is 6.20 Å². The van der Waals surface area contributed by atoms with Crippen molar-refractivity contribution in [2.24, 2.45) is 10.7 Å². The maximum absolute atomic E-state index is 11.1. The summed E-state index contributed by atoms with van der Waals surface area (Å²) in [6.07, 6.45) is 15.8. The predicted molar refractivity (Wildman–Crippen MR) is 90.4 cm³/mol. The first-order valence-electron chi connectivity index (χ1n) is 8.33. The number of carboxylic acids is 1. The van der Waals surface area contributed by atoms with E-state index in [1.54, 1.807) is 6.20 Å². The summed E-state index contributed by atoms with van der Waals surface area (Å²) in [5.74, 6) is 0.120. The van der Waals surface area contributed by atoms with Gasteiger partial charge in [0.2, 0.25) is 5.84 Å². The van der Waals surface area contributed by atoms with Crippen LogP contribution in [0.15, 0.2) is 29.5 Å². The monoisotopic (exact) mass is 308 g/mol. The number of carboxylic acid groups (broad SMARTS) is 1. The van der Waals surface area contributed by atoms with Gasteiger partial charge >= 0.3 is 5.97 Å². The lowest BCUT2D eigenvalue weighted by atomic mass is 10.1. The van der Waals surface area contributed by atoms with E-state index >= 15 is 0 Å². The smallest absolute Gasteiger partial charge is 0.360 e. The molecule has 0 fully saturated rings. The van der Waals surface area contributed by atoms with Crippen LogP contribution >= 0.6 is 0 Å². The highest BCUT2D eigenvalue weighted by molar-refractivity contribution is 5.81. The lowest BCUT2D eigenvalue weighted by Gasteiger charge is -2.30. The van der Waals surface area contributed by atoms with Crippen molar-refractivity contribution >= 4 is 11.8 Å². The third-order valence-corrected chi connectivity index (χ3v) is 3.95. The number of hydrogen-bond donors (Lipinski definition) is 2. The Labute approximate surface area is 133 Å². The summed E-state index contributed by atoms with van der Waals surface area (Å²) in [6.45, 7) is 3.28. The fourth-order valence-corrected chi connectivity index (χ4v) is 2.74. The highest BCUT2D eigenvalue weighted by Gasteiger charge is 2.36. The third kappa shape index (κ3) is 6.12. The quantitative estimate of drug-likeness (QED) is 0.330. The van der Waals surface area contributed by atoms with Crippen molar-refractivity contribution in [3.63, 3.8) is 0 Å². The van der Waals surface area contributed by atoms with Crippen LogP contribution in [0.5, 0.6) is 0 Å². The van der Waals surface area contributed by atoms with E-state index in [0.717, 1.165) is 31.5 Å². The van der Waals surface area contributed by atoms with Crippen LogP contribution in [-0.2, 0) is 4.79 Å². The molecule has 0 bridgehead atoms. The molecule has 1 rings (SSSR count). The number of allylic oxidation sites excluding steroid dienone is 2. The van der Waals surface area contributed by atoms with E-state index in [-0.39, 0.29) is 11.0 Å². The number of carbonyl (C=O) groups is 1. The van der Waals surface area contributed by atoms with E-state index in [0.29, 0.717) is 13.1 Å². The second-order valence-electron chi connectivity index (χ2n) is 5.80.